The Morgan fingerprint density at radius 3 is 2.73 bits per heavy atom. The van der Waals surface area contributed by atoms with Crippen LogP contribution in [0.1, 0.15) is 11.4 Å². The Morgan fingerprint density at radius 1 is 1.05 bits per heavy atom. The van der Waals surface area contributed by atoms with E-state index in [1.807, 2.05) is 6.07 Å². The van der Waals surface area contributed by atoms with Gasteiger partial charge < -0.3 is 4.98 Å². The lowest BCUT2D eigenvalue weighted by Crippen LogP contribution is -2.11. The van der Waals surface area contributed by atoms with Crippen LogP contribution >= 0.6 is 11.8 Å². The van der Waals surface area contributed by atoms with E-state index in [0.717, 1.165) is 6.07 Å². The van der Waals surface area contributed by atoms with E-state index in [9.17, 15) is 13.6 Å². The molecule has 3 nitrogen and oxygen atoms in total. The second-order valence-electron chi connectivity index (χ2n) is 4.74. The molecule has 1 aromatic heterocycles. The van der Waals surface area contributed by atoms with E-state index in [1.54, 1.807) is 24.3 Å². The number of para-hydroxylation sites is 1. The monoisotopic (exact) mass is 318 g/mol. The molecule has 1 N–H and O–H groups in total. The molecule has 22 heavy (non-hydrogen) atoms. The van der Waals surface area contributed by atoms with Gasteiger partial charge in [-0.2, -0.15) is 0 Å². The highest BCUT2D eigenvalue weighted by atomic mass is 32.2. The molecule has 0 aliphatic heterocycles. The second-order valence-corrected chi connectivity index (χ2v) is 5.72. The molecule has 0 amide bonds. The van der Waals surface area contributed by atoms with E-state index in [1.165, 1.54) is 17.8 Å². The number of fused-ring (bicyclic) bond motifs is 1. The van der Waals surface area contributed by atoms with Crippen LogP contribution in [0.5, 0.6) is 0 Å². The van der Waals surface area contributed by atoms with E-state index in [0.29, 0.717) is 33.8 Å². The summed E-state index contributed by atoms with van der Waals surface area (Å²) in [6.07, 6.45) is 0. The fourth-order valence-corrected chi connectivity index (χ4v) is 3.00. The molecule has 0 radical (unpaired) electrons. The minimum absolute atomic E-state index is 0.196. The lowest BCUT2D eigenvalue weighted by Gasteiger charge is -2.05. The molecule has 0 saturated heterocycles. The smallest absolute Gasteiger partial charge is 0.258 e. The van der Waals surface area contributed by atoms with E-state index in [2.05, 4.69) is 9.97 Å². The number of nitrogens with one attached hydrogen (secondary N) is 1. The topological polar surface area (TPSA) is 45.8 Å². The molecule has 6 heteroatoms. The zero-order valence-electron chi connectivity index (χ0n) is 11.5. The number of benzene rings is 2. The van der Waals surface area contributed by atoms with Crippen LogP contribution in [0.15, 0.2) is 47.3 Å². The summed E-state index contributed by atoms with van der Waals surface area (Å²) in [5.41, 5.74) is 0.727. The maximum atomic E-state index is 13.5. The van der Waals surface area contributed by atoms with Crippen molar-refractivity contribution in [2.45, 2.75) is 11.5 Å². The summed E-state index contributed by atoms with van der Waals surface area (Å²) >= 11 is 1.36. The van der Waals surface area contributed by atoms with Gasteiger partial charge in [0.05, 0.1) is 16.7 Å². The standard InChI is InChI=1S/C16H12F2N2OS/c17-12-6-3-4-10(15(12)18)8-22-9-14-19-13-7-2-1-5-11(13)16(21)20-14/h1-7H,8-9H2,(H,19,20,21). The summed E-state index contributed by atoms with van der Waals surface area (Å²) in [5, 5.41) is 0.535. The van der Waals surface area contributed by atoms with Crippen molar-refractivity contribution in [2.24, 2.45) is 0 Å². The largest absolute Gasteiger partial charge is 0.309 e. The molecular weight excluding hydrogens is 306 g/mol. The van der Waals surface area contributed by atoms with E-state index in [-0.39, 0.29) is 5.56 Å². The van der Waals surface area contributed by atoms with Gasteiger partial charge in [-0.25, -0.2) is 13.8 Å². The van der Waals surface area contributed by atoms with Crippen LogP contribution in [-0.2, 0) is 11.5 Å². The van der Waals surface area contributed by atoms with Gasteiger partial charge in [0.2, 0.25) is 0 Å². The van der Waals surface area contributed by atoms with Crippen molar-refractivity contribution in [1.82, 2.24) is 9.97 Å². The number of thioether (sulfide) groups is 1. The number of H-pyrrole nitrogens is 1. The third kappa shape index (κ3) is 3.01. The molecule has 0 atom stereocenters. The van der Waals surface area contributed by atoms with Crippen LogP contribution in [0.4, 0.5) is 8.78 Å². The first-order chi connectivity index (χ1) is 10.6. The third-order valence-electron chi connectivity index (χ3n) is 3.19. The van der Waals surface area contributed by atoms with E-state index in [4.69, 9.17) is 0 Å². The maximum absolute atomic E-state index is 13.5. The molecule has 0 unspecified atom stereocenters. The fraction of sp³-hybridized carbons (Fsp3) is 0.125. The Balaban J connectivity index is 1.74. The first-order valence-electron chi connectivity index (χ1n) is 6.64. The Kier molecular flexibility index (Phi) is 4.20. The summed E-state index contributed by atoms with van der Waals surface area (Å²) in [7, 11) is 0. The first-order valence-corrected chi connectivity index (χ1v) is 7.79. The van der Waals surface area contributed by atoms with Crippen LogP contribution in [-0.4, -0.2) is 9.97 Å². The molecule has 0 bridgehead atoms. The minimum Gasteiger partial charge on any atom is -0.309 e. The predicted octanol–water partition coefficient (Wildman–Crippen LogP) is 3.63. The van der Waals surface area contributed by atoms with Crippen molar-refractivity contribution < 1.29 is 8.78 Å². The van der Waals surface area contributed by atoms with Crippen LogP contribution in [0.2, 0.25) is 0 Å². The molecule has 0 aliphatic carbocycles. The van der Waals surface area contributed by atoms with Crippen molar-refractivity contribution in [3.8, 4) is 0 Å². The van der Waals surface area contributed by atoms with Crippen molar-refractivity contribution >= 4 is 22.7 Å². The molecule has 1 heterocycles. The summed E-state index contributed by atoms with van der Waals surface area (Å²) in [5.74, 6) is -0.438. The summed E-state index contributed by atoms with van der Waals surface area (Å²) in [6, 6.07) is 11.2. The van der Waals surface area contributed by atoms with Gasteiger partial charge in [0.1, 0.15) is 5.82 Å². The molecule has 0 fully saturated rings. The lowest BCUT2D eigenvalue weighted by molar-refractivity contribution is 0.502. The highest BCUT2D eigenvalue weighted by Crippen LogP contribution is 2.20. The van der Waals surface area contributed by atoms with Crippen molar-refractivity contribution in [3.05, 3.63) is 75.8 Å². The van der Waals surface area contributed by atoms with Gasteiger partial charge in [-0.1, -0.05) is 24.3 Å². The average Bonchev–Trinajstić information content (AvgIpc) is 2.52. The molecule has 0 saturated carbocycles. The molecule has 2 aromatic carbocycles. The molecule has 3 rings (SSSR count). The van der Waals surface area contributed by atoms with Gasteiger partial charge in [0, 0.05) is 11.3 Å². The molecule has 112 valence electrons. The normalized spacial score (nSPS) is 11.0. The average molecular weight is 318 g/mol. The van der Waals surface area contributed by atoms with Gasteiger partial charge >= 0.3 is 0 Å². The van der Waals surface area contributed by atoms with Crippen LogP contribution in [0.25, 0.3) is 10.9 Å². The number of hydrogen-bond acceptors (Lipinski definition) is 3. The molecular formula is C16H12F2N2OS. The highest BCUT2D eigenvalue weighted by Gasteiger charge is 2.08. The number of rotatable bonds is 4. The van der Waals surface area contributed by atoms with E-state index >= 15 is 0 Å². The van der Waals surface area contributed by atoms with Gasteiger partial charge in [0.15, 0.2) is 11.6 Å². The number of aromatic amines is 1. The predicted molar refractivity (Wildman–Crippen MR) is 83.7 cm³/mol. The summed E-state index contributed by atoms with van der Waals surface area (Å²) < 4.78 is 26.7. The third-order valence-corrected chi connectivity index (χ3v) is 4.18. The molecule has 0 spiro atoms. The Labute approximate surface area is 129 Å². The van der Waals surface area contributed by atoms with Crippen molar-refractivity contribution in [2.75, 3.05) is 0 Å². The summed E-state index contributed by atoms with van der Waals surface area (Å²) in [6.45, 7) is 0. The number of hydrogen-bond donors (Lipinski definition) is 1. The lowest BCUT2D eigenvalue weighted by atomic mass is 10.2. The Hall–Kier alpha value is -2.21. The fourth-order valence-electron chi connectivity index (χ4n) is 2.12. The van der Waals surface area contributed by atoms with Gasteiger partial charge in [-0.15, -0.1) is 11.8 Å². The van der Waals surface area contributed by atoms with Gasteiger partial charge in [-0.05, 0) is 18.2 Å². The Morgan fingerprint density at radius 2 is 1.86 bits per heavy atom. The van der Waals surface area contributed by atoms with Gasteiger partial charge in [-0.3, -0.25) is 4.79 Å². The van der Waals surface area contributed by atoms with Crippen LogP contribution in [0.3, 0.4) is 0 Å². The number of aromatic nitrogens is 2. The van der Waals surface area contributed by atoms with Crippen LogP contribution in [0, 0.1) is 11.6 Å². The zero-order valence-corrected chi connectivity index (χ0v) is 12.3. The zero-order chi connectivity index (χ0) is 15.5. The van der Waals surface area contributed by atoms with Gasteiger partial charge in [0.25, 0.3) is 5.56 Å². The van der Waals surface area contributed by atoms with Crippen molar-refractivity contribution in [3.63, 3.8) is 0 Å². The quantitative estimate of drug-likeness (QED) is 0.799. The first kappa shape index (κ1) is 14.7. The Bertz CT molecular complexity index is 879. The molecule has 3 aromatic rings. The molecule has 0 aliphatic rings. The van der Waals surface area contributed by atoms with Crippen LogP contribution < -0.4 is 5.56 Å². The van der Waals surface area contributed by atoms with Crippen molar-refractivity contribution in [1.29, 1.82) is 0 Å². The second kappa shape index (κ2) is 6.27. The minimum atomic E-state index is -0.852. The number of halogens is 2. The number of nitrogens with zero attached hydrogens (tertiary/aromatic N) is 1. The SMILES string of the molecule is O=c1[nH]c(CSCc2cccc(F)c2F)nc2ccccc12. The summed E-state index contributed by atoms with van der Waals surface area (Å²) in [4.78, 5) is 19.0. The maximum Gasteiger partial charge on any atom is 0.258 e. The van der Waals surface area contributed by atoms with E-state index < -0.39 is 11.6 Å². The highest BCUT2D eigenvalue weighted by molar-refractivity contribution is 7.97.